The average Bonchev–Trinajstić information content (AvgIpc) is 3.28. The lowest BCUT2D eigenvalue weighted by molar-refractivity contribution is -0.156. The van der Waals surface area contributed by atoms with Crippen LogP contribution in [0.1, 0.15) is 25.0 Å². The van der Waals surface area contributed by atoms with E-state index in [1.54, 1.807) is 6.92 Å². The second-order valence-corrected chi connectivity index (χ2v) is 9.46. The van der Waals surface area contributed by atoms with E-state index in [-0.39, 0.29) is 5.97 Å². The third-order valence-corrected chi connectivity index (χ3v) is 6.85. The second-order valence-electron chi connectivity index (χ2n) is 9.02. The van der Waals surface area contributed by atoms with E-state index < -0.39 is 6.10 Å². The van der Waals surface area contributed by atoms with Crippen LogP contribution in [0, 0.1) is 11.8 Å². The summed E-state index contributed by atoms with van der Waals surface area (Å²) >= 11 is 5.98. The highest BCUT2D eigenvalue weighted by atomic mass is 35.5. The molecule has 0 amide bonds. The van der Waals surface area contributed by atoms with Crippen LogP contribution >= 0.6 is 11.6 Å². The van der Waals surface area contributed by atoms with Crippen LogP contribution in [0.2, 0.25) is 5.02 Å². The first-order valence-corrected chi connectivity index (χ1v) is 12.6. The van der Waals surface area contributed by atoms with Gasteiger partial charge in [0.25, 0.3) is 0 Å². The van der Waals surface area contributed by atoms with Crippen LogP contribution in [0.25, 0.3) is 0 Å². The third kappa shape index (κ3) is 6.72. The molecule has 6 nitrogen and oxygen atoms in total. The van der Waals surface area contributed by atoms with E-state index in [9.17, 15) is 4.79 Å². The van der Waals surface area contributed by atoms with Crippen molar-refractivity contribution in [2.45, 2.75) is 39.0 Å². The molecule has 7 heteroatoms. The average molecular weight is 487 g/mol. The molecule has 1 N–H and O–H groups in total. The van der Waals surface area contributed by atoms with Gasteiger partial charge in [0.15, 0.2) is 6.10 Å². The molecule has 4 atom stereocenters. The van der Waals surface area contributed by atoms with E-state index >= 15 is 0 Å². The SMILES string of the molecule is CCOC(=O)[C@@H](Cc1ccc(OCCNC2[C@H]3CN(Cc4ccc(Cl)cc4)C[C@@H]23)cc1)OCC. The number of carbonyl (C=O) groups is 1. The highest BCUT2D eigenvalue weighted by Gasteiger charge is 2.55. The number of nitrogens with zero attached hydrogens (tertiary/aromatic N) is 1. The van der Waals surface area contributed by atoms with E-state index in [0.29, 0.717) is 32.3 Å². The number of hydrogen-bond donors (Lipinski definition) is 1. The van der Waals surface area contributed by atoms with E-state index in [0.717, 1.165) is 54.4 Å². The highest BCUT2D eigenvalue weighted by Crippen LogP contribution is 2.45. The minimum absolute atomic E-state index is 0.311. The molecule has 0 spiro atoms. The summed E-state index contributed by atoms with van der Waals surface area (Å²) in [6.45, 7) is 9.29. The summed E-state index contributed by atoms with van der Waals surface area (Å²) in [6, 6.07) is 16.6. The van der Waals surface area contributed by atoms with Gasteiger partial charge in [0.2, 0.25) is 0 Å². The Balaban J connectivity index is 1.12. The van der Waals surface area contributed by atoms with Crippen molar-refractivity contribution in [2.75, 3.05) is 39.5 Å². The minimum Gasteiger partial charge on any atom is -0.492 e. The Morgan fingerprint density at radius 1 is 1.03 bits per heavy atom. The van der Waals surface area contributed by atoms with Gasteiger partial charge in [-0.25, -0.2) is 4.79 Å². The molecule has 1 aliphatic heterocycles. The fourth-order valence-electron chi connectivity index (χ4n) is 4.87. The number of hydrogen-bond acceptors (Lipinski definition) is 6. The molecule has 184 valence electrons. The van der Waals surface area contributed by atoms with Gasteiger partial charge in [0.05, 0.1) is 6.61 Å². The molecule has 1 heterocycles. The van der Waals surface area contributed by atoms with Gasteiger partial charge in [-0.2, -0.15) is 0 Å². The van der Waals surface area contributed by atoms with Crippen molar-refractivity contribution in [3.63, 3.8) is 0 Å². The Hall–Kier alpha value is -2.12. The van der Waals surface area contributed by atoms with Crippen molar-refractivity contribution >= 4 is 17.6 Å². The summed E-state index contributed by atoms with van der Waals surface area (Å²) in [7, 11) is 0. The fourth-order valence-corrected chi connectivity index (χ4v) is 5.00. The number of halogens is 1. The largest absolute Gasteiger partial charge is 0.492 e. The number of carbonyl (C=O) groups excluding carboxylic acids is 1. The zero-order valence-corrected chi connectivity index (χ0v) is 20.8. The Kier molecular flexibility index (Phi) is 8.84. The van der Waals surface area contributed by atoms with Crippen molar-refractivity contribution in [3.05, 3.63) is 64.7 Å². The maximum Gasteiger partial charge on any atom is 0.335 e. The van der Waals surface area contributed by atoms with Gasteiger partial charge >= 0.3 is 5.97 Å². The molecule has 34 heavy (non-hydrogen) atoms. The first-order valence-electron chi connectivity index (χ1n) is 12.3. The number of likely N-dealkylation sites (tertiary alicyclic amines) is 1. The van der Waals surface area contributed by atoms with Crippen LogP contribution in [0.5, 0.6) is 5.75 Å². The lowest BCUT2D eigenvalue weighted by Crippen LogP contribution is -2.33. The van der Waals surface area contributed by atoms with Gasteiger partial charge in [-0.1, -0.05) is 35.9 Å². The van der Waals surface area contributed by atoms with Crippen molar-refractivity contribution < 1.29 is 19.0 Å². The van der Waals surface area contributed by atoms with E-state index in [2.05, 4.69) is 22.3 Å². The number of piperidine rings is 1. The van der Waals surface area contributed by atoms with Crippen LogP contribution < -0.4 is 10.1 Å². The van der Waals surface area contributed by atoms with E-state index in [1.807, 2.05) is 43.3 Å². The summed E-state index contributed by atoms with van der Waals surface area (Å²) in [5.41, 5.74) is 2.34. The third-order valence-electron chi connectivity index (χ3n) is 6.60. The first kappa shape index (κ1) is 25.0. The summed E-state index contributed by atoms with van der Waals surface area (Å²) in [5, 5.41) is 4.45. The lowest BCUT2D eigenvalue weighted by Gasteiger charge is -2.20. The van der Waals surface area contributed by atoms with Crippen LogP contribution in [0.3, 0.4) is 0 Å². The number of ether oxygens (including phenoxy) is 3. The minimum atomic E-state index is -0.568. The maximum atomic E-state index is 12.0. The molecular weight excluding hydrogens is 452 g/mol. The summed E-state index contributed by atoms with van der Waals surface area (Å²) < 4.78 is 16.6. The van der Waals surface area contributed by atoms with Crippen molar-refractivity contribution in [1.82, 2.24) is 10.2 Å². The first-order chi connectivity index (χ1) is 16.6. The Bertz CT molecular complexity index is 909. The van der Waals surface area contributed by atoms with Crippen LogP contribution in [0.4, 0.5) is 0 Å². The summed E-state index contributed by atoms with van der Waals surface area (Å²) in [4.78, 5) is 14.6. The van der Waals surface area contributed by atoms with E-state index in [4.69, 9.17) is 25.8 Å². The molecule has 1 saturated carbocycles. The quantitative estimate of drug-likeness (QED) is 0.342. The Morgan fingerprint density at radius 3 is 2.35 bits per heavy atom. The smallest absolute Gasteiger partial charge is 0.335 e. The normalized spacial score (nSPS) is 22.3. The number of fused-ring (bicyclic) bond motifs is 1. The monoisotopic (exact) mass is 486 g/mol. The molecule has 1 aliphatic carbocycles. The molecule has 4 rings (SSSR count). The topological polar surface area (TPSA) is 60.0 Å². The molecule has 1 saturated heterocycles. The molecule has 2 aliphatic rings. The Morgan fingerprint density at radius 2 is 1.71 bits per heavy atom. The predicted molar refractivity (Wildman–Crippen MR) is 133 cm³/mol. The van der Waals surface area contributed by atoms with Gasteiger partial charge in [0, 0.05) is 50.3 Å². The van der Waals surface area contributed by atoms with Gasteiger partial charge < -0.3 is 19.5 Å². The standard InChI is InChI=1S/C27H35ClN2O4/c1-3-32-25(27(31)33-4-2)15-19-7-11-22(12-8-19)34-14-13-29-26-23-17-30(18-24(23)26)16-20-5-9-21(28)10-6-20/h5-12,23-26,29H,3-4,13-18H2,1-2H3/t23-,24+,25-,26?/m1/s1. The second kappa shape index (κ2) is 12.0. The maximum absolute atomic E-state index is 12.0. The van der Waals surface area contributed by atoms with Crippen molar-refractivity contribution in [2.24, 2.45) is 11.8 Å². The van der Waals surface area contributed by atoms with Gasteiger partial charge in [-0.05, 0) is 61.1 Å². The molecule has 0 radical (unpaired) electrons. The van der Waals surface area contributed by atoms with Crippen molar-refractivity contribution in [3.8, 4) is 5.75 Å². The van der Waals surface area contributed by atoms with Gasteiger partial charge in [-0.3, -0.25) is 4.90 Å². The van der Waals surface area contributed by atoms with Crippen LogP contribution in [-0.2, 0) is 27.2 Å². The lowest BCUT2D eigenvalue weighted by atomic mass is 10.1. The van der Waals surface area contributed by atoms with E-state index in [1.165, 1.54) is 5.56 Å². The molecule has 2 aromatic carbocycles. The Labute approximate surface area is 207 Å². The number of esters is 1. The number of nitrogens with one attached hydrogen (secondary N) is 1. The van der Waals surface area contributed by atoms with Crippen LogP contribution in [-0.4, -0.2) is 62.5 Å². The molecular formula is C27H35ClN2O4. The van der Waals surface area contributed by atoms with Crippen LogP contribution in [0.15, 0.2) is 48.5 Å². The van der Waals surface area contributed by atoms with Gasteiger partial charge in [-0.15, -0.1) is 0 Å². The van der Waals surface area contributed by atoms with Crippen molar-refractivity contribution in [1.29, 1.82) is 0 Å². The molecule has 0 bridgehead atoms. The summed E-state index contributed by atoms with van der Waals surface area (Å²) in [5.74, 6) is 2.03. The number of benzene rings is 2. The molecule has 0 aromatic heterocycles. The summed E-state index contributed by atoms with van der Waals surface area (Å²) in [6.07, 6.45) is -0.0744. The highest BCUT2D eigenvalue weighted by molar-refractivity contribution is 6.30. The van der Waals surface area contributed by atoms with Gasteiger partial charge in [0.1, 0.15) is 12.4 Å². The zero-order valence-electron chi connectivity index (χ0n) is 20.0. The fraction of sp³-hybridized carbons (Fsp3) is 0.519. The number of rotatable bonds is 13. The predicted octanol–water partition coefficient (Wildman–Crippen LogP) is 3.95. The zero-order chi connectivity index (χ0) is 23.9. The molecule has 2 aromatic rings. The molecule has 1 unspecified atom stereocenters. The molecule has 2 fully saturated rings.